The van der Waals surface area contributed by atoms with Crippen molar-refractivity contribution in [2.24, 2.45) is 4.99 Å². The number of fused-ring (bicyclic) bond motifs is 1. The molecule has 0 saturated heterocycles. The lowest BCUT2D eigenvalue weighted by molar-refractivity contribution is 0.297. The topological polar surface area (TPSA) is 89.0 Å². The van der Waals surface area contributed by atoms with E-state index in [0.717, 1.165) is 41.2 Å². The molecule has 0 unspecified atom stereocenters. The molecule has 0 aromatic heterocycles. The normalized spacial score (nSPS) is 14.2. The number of nitrogens with zero attached hydrogens (tertiary/aromatic N) is 1. The molecule has 0 fully saturated rings. The van der Waals surface area contributed by atoms with Gasteiger partial charge in [-0.15, -0.1) is 0 Å². The average Bonchev–Trinajstić information content (AvgIpc) is 2.94. The van der Waals surface area contributed by atoms with Crippen molar-refractivity contribution in [3.63, 3.8) is 0 Å². The predicted octanol–water partition coefficient (Wildman–Crippen LogP) is 2.82. The highest BCUT2D eigenvalue weighted by Crippen LogP contribution is 2.30. The van der Waals surface area contributed by atoms with Crippen LogP contribution < -0.4 is 20.1 Å². The Morgan fingerprint density at radius 3 is 2.47 bits per heavy atom. The summed E-state index contributed by atoms with van der Waals surface area (Å²) >= 11 is 0. The number of nitrogens with one attached hydrogen (secondary N) is 2. The first kappa shape index (κ1) is 22.0. The maximum Gasteiger partial charge on any atom is 0.191 e. The molecule has 0 atom stereocenters. The Hall–Kier alpha value is -2.74. The lowest BCUT2D eigenvalue weighted by atomic mass is 10.1. The van der Waals surface area contributed by atoms with E-state index in [2.05, 4.69) is 15.6 Å². The van der Waals surface area contributed by atoms with Crippen molar-refractivity contribution in [1.82, 2.24) is 10.6 Å². The molecule has 2 aromatic carbocycles. The largest absolute Gasteiger partial charge is 0.490 e. The van der Waals surface area contributed by atoms with Gasteiger partial charge in [0.25, 0.3) is 0 Å². The van der Waals surface area contributed by atoms with E-state index in [9.17, 15) is 8.42 Å². The highest BCUT2D eigenvalue weighted by molar-refractivity contribution is 7.90. The van der Waals surface area contributed by atoms with Gasteiger partial charge in [-0.3, -0.25) is 0 Å². The molecule has 0 saturated carbocycles. The van der Waals surface area contributed by atoms with Gasteiger partial charge in [0.2, 0.25) is 0 Å². The highest BCUT2D eigenvalue weighted by atomic mass is 32.2. The first-order valence-corrected chi connectivity index (χ1v) is 12.0. The van der Waals surface area contributed by atoms with E-state index in [1.807, 2.05) is 31.2 Å². The van der Waals surface area contributed by atoms with Crippen LogP contribution in [0.4, 0.5) is 0 Å². The molecule has 30 heavy (non-hydrogen) atoms. The summed E-state index contributed by atoms with van der Waals surface area (Å²) in [5.41, 5.74) is 2.75. The van der Waals surface area contributed by atoms with Gasteiger partial charge in [0.1, 0.15) is 0 Å². The van der Waals surface area contributed by atoms with E-state index >= 15 is 0 Å². The minimum absolute atomic E-state index is 0.356. The summed E-state index contributed by atoms with van der Waals surface area (Å²) in [5, 5.41) is 6.56. The van der Waals surface area contributed by atoms with Gasteiger partial charge < -0.3 is 20.1 Å². The molecule has 1 aliphatic heterocycles. The van der Waals surface area contributed by atoms with Crippen LogP contribution in [0.5, 0.6) is 11.5 Å². The molecule has 0 bridgehead atoms. The van der Waals surface area contributed by atoms with Crippen LogP contribution in [0.3, 0.4) is 0 Å². The molecular formula is C22H29N3O4S. The van der Waals surface area contributed by atoms with E-state index < -0.39 is 9.84 Å². The fraction of sp³-hybridized carbons (Fsp3) is 0.409. The van der Waals surface area contributed by atoms with Crippen molar-refractivity contribution in [2.75, 3.05) is 26.0 Å². The molecule has 8 heteroatoms. The van der Waals surface area contributed by atoms with Crippen LogP contribution in [0.2, 0.25) is 0 Å². The summed E-state index contributed by atoms with van der Waals surface area (Å²) < 4.78 is 35.0. The van der Waals surface area contributed by atoms with Crippen molar-refractivity contribution in [3.8, 4) is 11.5 Å². The number of rotatable bonds is 6. The van der Waals surface area contributed by atoms with Gasteiger partial charge in [0, 0.05) is 25.8 Å². The Morgan fingerprint density at radius 1 is 1.03 bits per heavy atom. The molecular weight excluding hydrogens is 402 g/mol. The van der Waals surface area contributed by atoms with Crippen molar-refractivity contribution in [1.29, 1.82) is 0 Å². The smallest absolute Gasteiger partial charge is 0.191 e. The van der Waals surface area contributed by atoms with Crippen LogP contribution in [0.1, 0.15) is 30.0 Å². The first-order valence-electron chi connectivity index (χ1n) is 10.1. The fourth-order valence-corrected chi connectivity index (χ4v) is 4.20. The third-order valence-electron chi connectivity index (χ3n) is 4.67. The predicted molar refractivity (Wildman–Crippen MR) is 118 cm³/mol. The molecule has 1 heterocycles. The zero-order valence-corrected chi connectivity index (χ0v) is 18.5. The van der Waals surface area contributed by atoms with E-state index in [1.165, 1.54) is 6.26 Å². The molecule has 0 spiro atoms. The second-order valence-electron chi connectivity index (χ2n) is 7.25. The summed E-state index contributed by atoms with van der Waals surface area (Å²) in [4.78, 5) is 4.98. The fourth-order valence-electron chi connectivity index (χ4n) is 3.24. The van der Waals surface area contributed by atoms with Crippen LogP contribution >= 0.6 is 0 Å². The SMILES string of the molecule is CCNC(=NCc1ccc(S(C)(=O)=O)c(C)c1)NCc1ccc2c(c1)OCCCO2. The molecule has 0 radical (unpaired) electrons. The first-order chi connectivity index (χ1) is 14.4. The number of ether oxygens (including phenoxy) is 2. The number of aryl methyl sites for hydroxylation is 1. The van der Waals surface area contributed by atoms with E-state index in [-0.39, 0.29) is 0 Å². The Kier molecular flexibility index (Phi) is 7.20. The number of hydrogen-bond acceptors (Lipinski definition) is 5. The standard InChI is InChI=1S/C22H29N3O4S/c1-4-23-22(24-14-17-7-9-21(16(2)12-17)30(3,26)27)25-15-18-6-8-19-20(13-18)29-11-5-10-28-19/h6-9,12-13H,4-5,10-11,14-15H2,1-3H3,(H2,23,24,25). The number of benzene rings is 2. The zero-order valence-electron chi connectivity index (χ0n) is 17.7. The molecule has 1 aliphatic rings. The lowest BCUT2D eigenvalue weighted by Crippen LogP contribution is -2.36. The van der Waals surface area contributed by atoms with Gasteiger partial charge in [0.15, 0.2) is 27.3 Å². The summed E-state index contributed by atoms with van der Waals surface area (Å²) in [6.07, 6.45) is 2.10. The number of hydrogen-bond donors (Lipinski definition) is 2. The Balaban J connectivity index is 1.66. The summed E-state index contributed by atoms with van der Waals surface area (Å²) in [7, 11) is -3.22. The third-order valence-corrected chi connectivity index (χ3v) is 5.93. The quantitative estimate of drug-likeness (QED) is 0.540. The summed E-state index contributed by atoms with van der Waals surface area (Å²) in [5.74, 6) is 2.24. The van der Waals surface area contributed by atoms with Crippen molar-refractivity contribution >= 4 is 15.8 Å². The second-order valence-corrected chi connectivity index (χ2v) is 9.24. The molecule has 3 rings (SSSR count). The maximum atomic E-state index is 11.8. The molecule has 0 amide bonds. The third kappa shape index (κ3) is 5.89. The van der Waals surface area contributed by atoms with Gasteiger partial charge in [0.05, 0.1) is 24.7 Å². The van der Waals surface area contributed by atoms with Crippen LogP contribution in [0.15, 0.2) is 46.3 Å². The minimum Gasteiger partial charge on any atom is -0.490 e. The molecule has 2 N–H and O–H groups in total. The minimum atomic E-state index is -3.22. The Labute approximate surface area is 178 Å². The number of sulfone groups is 1. The van der Waals surface area contributed by atoms with Crippen molar-refractivity contribution in [2.45, 2.75) is 38.3 Å². The molecule has 7 nitrogen and oxygen atoms in total. The Morgan fingerprint density at radius 2 is 1.77 bits per heavy atom. The second kappa shape index (κ2) is 9.84. The van der Waals surface area contributed by atoms with Gasteiger partial charge in [-0.05, 0) is 48.7 Å². The van der Waals surface area contributed by atoms with Gasteiger partial charge in [-0.1, -0.05) is 18.2 Å². The van der Waals surface area contributed by atoms with E-state index in [4.69, 9.17) is 9.47 Å². The average molecular weight is 432 g/mol. The summed E-state index contributed by atoms with van der Waals surface area (Å²) in [6, 6.07) is 11.3. The summed E-state index contributed by atoms with van der Waals surface area (Å²) in [6.45, 7) is 6.92. The lowest BCUT2D eigenvalue weighted by Gasteiger charge is -2.13. The monoisotopic (exact) mass is 431 g/mol. The van der Waals surface area contributed by atoms with E-state index in [0.29, 0.717) is 37.2 Å². The van der Waals surface area contributed by atoms with Crippen LogP contribution in [-0.2, 0) is 22.9 Å². The highest BCUT2D eigenvalue weighted by Gasteiger charge is 2.12. The van der Waals surface area contributed by atoms with Crippen LogP contribution in [-0.4, -0.2) is 40.4 Å². The van der Waals surface area contributed by atoms with Gasteiger partial charge >= 0.3 is 0 Å². The van der Waals surface area contributed by atoms with Crippen molar-refractivity contribution in [3.05, 3.63) is 53.1 Å². The number of aliphatic imine (C=N–C) groups is 1. The Bertz CT molecular complexity index is 1020. The maximum absolute atomic E-state index is 11.8. The molecule has 162 valence electrons. The van der Waals surface area contributed by atoms with E-state index in [1.54, 1.807) is 19.1 Å². The van der Waals surface area contributed by atoms with Crippen LogP contribution in [0, 0.1) is 6.92 Å². The number of guanidine groups is 1. The van der Waals surface area contributed by atoms with Crippen LogP contribution in [0.25, 0.3) is 0 Å². The van der Waals surface area contributed by atoms with Crippen molar-refractivity contribution < 1.29 is 17.9 Å². The zero-order chi connectivity index (χ0) is 21.6. The van der Waals surface area contributed by atoms with Gasteiger partial charge in [-0.2, -0.15) is 0 Å². The molecule has 2 aromatic rings. The van der Waals surface area contributed by atoms with Gasteiger partial charge in [-0.25, -0.2) is 13.4 Å². The molecule has 0 aliphatic carbocycles.